The second-order valence-corrected chi connectivity index (χ2v) is 9.20. The summed E-state index contributed by atoms with van der Waals surface area (Å²) in [5, 5.41) is 5.45. The van der Waals surface area contributed by atoms with Crippen LogP contribution in [0.4, 0.5) is 5.69 Å². The minimum Gasteiger partial charge on any atom is -0.370 e. The van der Waals surface area contributed by atoms with E-state index in [1.165, 1.54) is 4.31 Å². The van der Waals surface area contributed by atoms with E-state index in [4.69, 9.17) is 16.1 Å². The van der Waals surface area contributed by atoms with Crippen molar-refractivity contribution in [3.63, 3.8) is 0 Å². The molecule has 9 heteroatoms. The molecule has 1 aromatic carbocycles. The van der Waals surface area contributed by atoms with Gasteiger partial charge >= 0.3 is 0 Å². The molecule has 0 unspecified atom stereocenters. The zero-order valence-electron chi connectivity index (χ0n) is 15.7. The van der Waals surface area contributed by atoms with Crippen molar-refractivity contribution in [1.82, 2.24) is 14.4 Å². The SMILES string of the molecule is Cc1noc(C)c1S(=O)(=O)N1CCCN(c2ccnc3cc(Cl)ccc23)CC1. The Morgan fingerprint density at radius 1 is 1.11 bits per heavy atom. The molecule has 7 nitrogen and oxygen atoms in total. The Kier molecular flexibility index (Phi) is 5.03. The van der Waals surface area contributed by atoms with E-state index in [9.17, 15) is 8.42 Å². The fourth-order valence-corrected chi connectivity index (χ4v) is 5.66. The summed E-state index contributed by atoms with van der Waals surface area (Å²) in [4.78, 5) is 6.79. The fourth-order valence-electron chi connectivity index (χ4n) is 3.73. The Labute approximate surface area is 168 Å². The number of halogens is 1. The minimum atomic E-state index is -3.64. The molecule has 2 aromatic heterocycles. The number of anilines is 1. The second-order valence-electron chi connectivity index (χ2n) is 6.89. The van der Waals surface area contributed by atoms with Crippen molar-refractivity contribution in [3.8, 4) is 0 Å². The summed E-state index contributed by atoms with van der Waals surface area (Å²) in [6.45, 7) is 5.48. The van der Waals surface area contributed by atoms with Crippen molar-refractivity contribution in [2.24, 2.45) is 0 Å². The van der Waals surface area contributed by atoms with Gasteiger partial charge in [0.15, 0.2) is 5.76 Å². The number of hydrogen-bond donors (Lipinski definition) is 0. The highest BCUT2D eigenvalue weighted by Crippen LogP contribution is 2.29. The molecule has 0 bridgehead atoms. The highest BCUT2D eigenvalue weighted by molar-refractivity contribution is 7.89. The molecule has 4 rings (SSSR count). The van der Waals surface area contributed by atoms with Gasteiger partial charge in [0.25, 0.3) is 0 Å². The summed E-state index contributed by atoms with van der Waals surface area (Å²) >= 11 is 6.09. The smallest absolute Gasteiger partial charge is 0.248 e. The molecule has 3 heterocycles. The van der Waals surface area contributed by atoms with Gasteiger partial charge in [0.1, 0.15) is 10.6 Å². The number of sulfonamides is 1. The third-order valence-electron chi connectivity index (χ3n) is 5.04. The number of rotatable bonds is 3. The van der Waals surface area contributed by atoms with Gasteiger partial charge in [-0.25, -0.2) is 8.42 Å². The van der Waals surface area contributed by atoms with E-state index in [1.807, 2.05) is 24.3 Å². The van der Waals surface area contributed by atoms with Crippen molar-refractivity contribution >= 4 is 38.2 Å². The zero-order valence-corrected chi connectivity index (χ0v) is 17.3. The van der Waals surface area contributed by atoms with Crippen LogP contribution in [-0.4, -0.2) is 49.0 Å². The first-order valence-electron chi connectivity index (χ1n) is 9.10. The zero-order chi connectivity index (χ0) is 19.9. The van der Waals surface area contributed by atoms with Crippen molar-refractivity contribution in [3.05, 3.63) is 46.9 Å². The summed E-state index contributed by atoms with van der Waals surface area (Å²) in [6.07, 6.45) is 2.48. The van der Waals surface area contributed by atoms with E-state index in [0.717, 1.165) is 29.6 Å². The molecule has 1 saturated heterocycles. The van der Waals surface area contributed by atoms with E-state index in [0.29, 0.717) is 36.1 Å². The number of benzene rings is 1. The molecule has 3 aromatic rings. The molecule has 0 saturated carbocycles. The first kappa shape index (κ1) is 19.2. The van der Waals surface area contributed by atoms with Crippen molar-refractivity contribution < 1.29 is 12.9 Å². The van der Waals surface area contributed by atoms with Gasteiger partial charge in [-0.1, -0.05) is 16.8 Å². The Bertz CT molecular complexity index is 1110. The summed E-state index contributed by atoms with van der Waals surface area (Å²) in [5.74, 6) is 0.329. The van der Waals surface area contributed by atoms with Crippen LogP contribution in [0.15, 0.2) is 39.9 Å². The van der Waals surface area contributed by atoms with Crippen LogP contribution in [0, 0.1) is 13.8 Å². The van der Waals surface area contributed by atoms with Crippen LogP contribution in [-0.2, 0) is 10.0 Å². The molecule has 0 spiro atoms. The largest absolute Gasteiger partial charge is 0.370 e. The van der Waals surface area contributed by atoms with Crippen molar-refractivity contribution in [1.29, 1.82) is 0 Å². The molecular weight excluding hydrogens is 400 g/mol. The van der Waals surface area contributed by atoms with Crippen LogP contribution >= 0.6 is 11.6 Å². The number of nitrogens with zero attached hydrogens (tertiary/aromatic N) is 4. The average molecular weight is 421 g/mol. The summed E-state index contributed by atoms with van der Waals surface area (Å²) in [7, 11) is -3.64. The van der Waals surface area contributed by atoms with Crippen LogP contribution in [0.1, 0.15) is 17.9 Å². The van der Waals surface area contributed by atoms with Gasteiger partial charge in [0.2, 0.25) is 10.0 Å². The highest BCUT2D eigenvalue weighted by atomic mass is 35.5. The van der Waals surface area contributed by atoms with E-state index in [2.05, 4.69) is 15.0 Å². The maximum atomic E-state index is 13.1. The summed E-state index contributed by atoms with van der Waals surface area (Å²) in [5.41, 5.74) is 2.27. The van der Waals surface area contributed by atoms with Crippen LogP contribution in [0.5, 0.6) is 0 Å². The molecule has 0 aliphatic carbocycles. The molecule has 0 atom stereocenters. The van der Waals surface area contributed by atoms with Gasteiger partial charge in [-0.05, 0) is 44.5 Å². The molecule has 1 aliphatic heterocycles. The third-order valence-corrected chi connectivity index (χ3v) is 7.42. The van der Waals surface area contributed by atoms with Crippen molar-refractivity contribution in [2.45, 2.75) is 25.2 Å². The molecule has 0 amide bonds. The Hall–Kier alpha value is -2.16. The number of aryl methyl sites for hydroxylation is 2. The van der Waals surface area contributed by atoms with Crippen LogP contribution in [0.2, 0.25) is 5.02 Å². The second kappa shape index (κ2) is 7.35. The maximum absolute atomic E-state index is 13.1. The lowest BCUT2D eigenvalue weighted by molar-refractivity contribution is 0.389. The predicted octanol–water partition coefficient (Wildman–Crippen LogP) is 3.39. The first-order chi connectivity index (χ1) is 13.4. The molecular formula is C19H21ClN4O3S. The number of fused-ring (bicyclic) bond motifs is 1. The van der Waals surface area contributed by atoms with E-state index in [-0.39, 0.29) is 4.90 Å². The molecule has 0 radical (unpaired) electrons. The lowest BCUT2D eigenvalue weighted by Crippen LogP contribution is -2.35. The van der Waals surface area contributed by atoms with Gasteiger partial charge in [0, 0.05) is 48.5 Å². The Morgan fingerprint density at radius 3 is 2.68 bits per heavy atom. The van der Waals surface area contributed by atoms with E-state index in [1.54, 1.807) is 20.0 Å². The number of hydrogen-bond acceptors (Lipinski definition) is 6. The maximum Gasteiger partial charge on any atom is 0.248 e. The van der Waals surface area contributed by atoms with Gasteiger partial charge in [0.05, 0.1) is 5.52 Å². The standard InChI is InChI=1S/C19H21ClN4O3S/c1-13-19(14(2)27-22-13)28(25,26)24-9-3-8-23(10-11-24)18-6-7-21-17-12-15(20)4-5-16(17)18/h4-7,12H,3,8-11H2,1-2H3. The van der Waals surface area contributed by atoms with Crippen LogP contribution < -0.4 is 4.90 Å². The number of aromatic nitrogens is 2. The monoisotopic (exact) mass is 420 g/mol. The van der Waals surface area contributed by atoms with Crippen molar-refractivity contribution in [2.75, 3.05) is 31.1 Å². The topological polar surface area (TPSA) is 79.5 Å². The van der Waals surface area contributed by atoms with Gasteiger partial charge in [-0.15, -0.1) is 0 Å². The average Bonchev–Trinajstić information content (AvgIpc) is 2.86. The number of pyridine rings is 1. The molecule has 28 heavy (non-hydrogen) atoms. The lowest BCUT2D eigenvalue weighted by Gasteiger charge is -2.24. The summed E-state index contributed by atoms with van der Waals surface area (Å²) < 4.78 is 32.8. The molecule has 1 fully saturated rings. The molecule has 148 valence electrons. The Balaban J connectivity index is 1.62. The lowest BCUT2D eigenvalue weighted by atomic mass is 10.1. The molecule has 1 aliphatic rings. The third kappa shape index (κ3) is 3.36. The highest BCUT2D eigenvalue weighted by Gasteiger charge is 2.32. The van der Waals surface area contributed by atoms with E-state index < -0.39 is 10.0 Å². The molecule has 0 N–H and O–H groups in total. The fraction of sp³-hybridized carbons (Fsp3) is 0.368. The van der Waals surface area contributed by atoms with Gasteiger partial charge < -0.3 is 9.42 Å². The van der Waals surface area contributed by atoms with E-state index >= 15 is 0 Å². The summed E-state index contributed by atoms with van der Waals surface area (Å²) in [6, 6.07) is 7.62. The first-order valence-corrected chi connectivity index (χ1v) is 10.9. The minimum absolute atomic E-state index is 0.185. The predicted molar refractivity (Wildman–Crippen MR) is 108 cm³/mol. The normalized spacial score (nSPS) is 16.5. The Morgan fingerprint density at radius 2 is 1.93 bits per heavy atom. The quantitative estimate of drug-likeness (QED) is 0.646. The van der Waals surface area contributed by atoms with Gasteiger partial charge in [-0.3, -0.25) is 4.98 Å². The van der Waals surface area contributed by atoms with Gasteiger partial charge in [-0.2, -0.15) is 4.31 Å². The van der Waals surface area contributed by atoms with Crippen LogP contribution in [0.3, 0.4) is 0 Å². The van der Waals surface area contributed by atoms with Crippen LogP contribution in [0.25, 0.3) is 10.9 Å².